The summed E-state index contributed by atoms with van der Waals surface area (Å²) in [6.45, 7) is 4.71. The molecule has 0 bridgehead atoms. The van der Waals surface area contributed by atoms with Gasteiger partial charge in [0.15, 0.2) is 5.96 Å². The fourth-order valence-electron chi connectivity index (χ4n) is 1.95. The molecule has 1 heterocycles. The number of anilines is 1. The van der Waals surface area contributed by atoms with Crippen molar-refractivity contribution in [2.45, 2.75) is 19.8 Å². The van der Waals surface area contributed by atoms with Crippen molar-refractivity contribution in [3.63, 3.8) is 0 Å². The minimum atomic E-state index is 0.662. The van der Waals surface area contributed by atoms with Crippen LogP contribution in [0.3, 0.4) is 0 Å². The first-order chi connectivity index (χ1) is 8.74. The number of guanidine groups is 1. The first-order valence-electron chi connectivity index (χ1n) is 6.24. The first kappa shape index (κ1) is 13.5. The van der Waals surface area contributed by atoms with E-state index in [0.717, 1.165) is 44.1 Å². The molecule has 0 atom stereocenters. The summed E-state index contributed by atoms with van der Waals surface area (Å²) >= 11 is 12.5. The van der Waals surface area contributed by atoms with Crippen molar-refractivity contribution in [3.8, 4) is 0 Å². The molecule has 0 saturated carbocycles. The van der Waals surface area contributed by atoms with Gasteiger partial charge in [-0.1, -0.05) is 42.6 Å². The standard InChI is InChI=1S/C13H17Cl2N3/c1-2-3-9-18(13-16-7-8-17-13)12-10(14)5-4-6-11(12)15/h4-6H,2-3,7-9H2,1H3,(H,16,17). The lowest BCUT2D eigenvalue weighted by Gasteiger charge is -2.26. The van der Waals surface area contributed by atoms with Crippen molar-refractivity contribution >= 4 is 34.8 Å². The van der Waals surface area contributed by atoms with Crippen LogP contribution in [0, 0.1) is 0 Å². The molecule has 0 aromatic heterocycles. The lowest BCUT2D eigenvalue weighted by atomic mass is 10.2. The molecule has 0 aliphatic carbocycles. The molecule has 5 heteroatoms. The fraction of sp³-hybridized carbons (Fsp3) is 0.462. The molecule has 0 spiro atoms. The molecule has 0 amide bonds. The van der Waals surface area contributed by atoms with Gasteiger partial charge in [-0.15, -0.1) is 0 Å². The highest BCUT2D eigenvalue weighted by molar-refractivity contribution is 6.40. The van der Waals surface area contributed by atoms with Crippen molar-refractivity contribution in [1.29, 1.82) is 0 Å². The summed E-state index contributed by atoms with van der Waals surface area (Å²) in [5.74, 6) is 0.874. The Morgan fingerprint density at radius 3 is 2.61 bits per heavy atom. The smallest absolute Gasteiger partial charge is 0.198 e. The average molecular weight is 286 g/mol. The van der Waals surface area contributed by atoms with Crippen molar-refractivity contribution in [2.24, 2.45) is 4.99 Å². The van der Waals surface area contributed by atoms with Crippen LogP contribution in [-0.4, -0.2) is 25.6 Å². The SMILES string of the molecule is CCCCN(C1=NCCN1)c1c(Cl)cccc1Cl. The quantitative estimate of drug-likeness (QED) is 0.916. The number of hydrogen-bond donors (Lipinski definition) is 1. The van der Waals surface area contributed by atoms with Crippen LogP contribution < -0.4 is 10.2 Å². The Kier molecular flexibility index (Phi) is 4.72. The number of benzene rings is 1. The molecular weight excluding hydrogens is 269 g/mol. The van der Waals surface area contributed by atoms with Gasteiger partial charge in [0.05, 0.1) is 22.3 Å². The summed E-state index contributed by atoms with van der Waals surface area (Å²) in [7, 11) is 0. The second-order valence-corrected chi connectivity index (χ2v) is 5.02. The Morgan fingerprint density at radius 2 is 2.06 bits per heavy atom. The van der Waals surface area contributed by atoms with Gasteiger partial charge in [0.25, 0.3) is 0 Å². The van der Waals surface area contributed by atoms with E-state index in [1.165, 1.54) is 0 Å². The maximum absolute atomic E-state index is 6.27. The lowest BCUT2D eigenvalue weighted by Crippen LogP contribution is -2.39. The highest BCUT2D eigenvalue weighted by Gasteiger charge is 2.20. The van der Waals surface area contributed by atoms with Crippen molar-refractivity contribution < 1.29 is 0 Å². The summed E-state index contributed by atoms with van der Waals surface area (Å²) in [6, 6.07) is 5.57. The molecule has 1 aromatic rings. The van der Waals surface area contributed by atoms with Crippen molar-refractivity contribution in [2.75, 3.05) is 24.5 Å². The van der Waals surface area contributed by atoms with Crippen LogP contribution in [0.2, 0.25) is 10.0 Å². The summed E-state index contributed by atoms with van der Waals surface area (Å²) in [5.41, 5.74) is 0.849. The molecule has 1 N–H and O–H groups in total. The third-order valence-corrected chi connectivity index (χ3v) is 3.46. The average Bonchev–Trinajstić information content (AvgIpc) is 2.86. The van der Waals surface area contributed by atoms with Gasteiger partial charge in [-0.3, -0.25) is 4.99 Å². The summed E-state index contributed by atoms with van der Waals surface area (Å²) < 4.78 is 0. The minimum Gasteiger partial charge on any atom is -0.354 e. The van der Waals surface area contributed by atoms with Gasteiger partial charge in [0.1, 0.15) is 0 Å². The molecule has 0 unspecified atom stereocenters. The molecular formula is C13H17Cl2N3. The number of rotatable bonds is 4. The van der Waals surface area contributed by atoms with Gasteiger partial charge >= 0.3 is 0 Å². The van der Waals surface area contributed by atoms with Crippen LogP contribution in [0.4, 0.5) is 5.69 Å². The maximum Gasteiger partial charge on any atom is 0.198 e. The van der Waals surface area contributed by atoms with Crippen LogP contribution in [-0.2, 0) is 0 Å². The number of halogens is 2. The van der Waals surface area contributed by atoms with E-state index in [1.54, 1.807) is 0 Å². The topological polar surface area (TPSA) is 27.6 Å². The van der Waals surface area contributed by atoms with Crippen LogP contribution in [0.25, 0.3) is 0 Å². The number of para-hydroxylation sites is 1. The van der Waals surface area contributed by atoms with Crippen LogP contribution in [0.1, 0.15) is 19.8 Å². The number of hydrogen-bond acceptors (Lipinski definition) is 3. The van der Waals surface area contributed by atoms with E-state index in [9.17, 15) is 0 Å². The number of unbranched alkanes of at least 4 members (excludes halogenated alkanes) is 1. The van der Waals surface area contributed by atoms with E-state index < -0.39 is 0 Å². The molecule has 18 heavy (non-hydrogen) atoms. The van der Waals surface area contributed by atoms with E-state index in [4.69, 9.17) is 23.2 Å². The van der Waals surface area contributed by atoms with Gasteiger partial charge < -0.3 is 10.2 Å². The third-order valence-electron chi connectivity index (χ3n) is 2.85. The molecule has 0 fully saturated rings. The Morgan fingerprint density at radius 1 is 1.33 bits per heavy atom. The second-order valence-electron chi connectivity index (χ2n) is 4.21. The third kappa shape index (κ3) is 2.90. The number of aliphatic imine (C=N–C) groups is 1. The summed E-state index contributed by atoms with van der Waals surface area (Å²) in [4.78, 5) is 6.55. The van der Waals surface area contributed by atoms with E-state index in [2.05, 4.69) is 22.1 Å². The molecule has 0 saturated heterocycles. The molecule has 3 nitrogen and oxygen atoms in total. The van der Waals surface area contributed by atoms with Crippen LogP contribution in [0.5, 0.6) is 0 Å². The van der Waals surface area contributed by atoms with E-state index >= 15 is 0 Å². The summed E-state index contributed by atoms with van der Waals surface area (Å²) in [6.07, 6.45) is 2.19. The van der Waals surface area contributed by atoms with Crippen LogP contribution >= 0.6 is 23.2 Å². The number of nitrogens with one attached hydrogen (secondary N) is 1. The number of nitrogens with zero attached hydrogens (tertiary/aromatic N) is 2. The maximum atomic E-state index is 6.27. The molecule has 1 aliphatic heterocycles. The molecule has 1 aromatic carbocycles. The van der Waals surface area contributed by atoms with Gasteiger partial charge in [-0.2, -0.15) is 0 Å². The van der Waals surface area contributed by atoms with Gasteiger partial charge in [-0.25, -0.2) is 0 Å². The Bertz CT molecular complexity index is 426. The minimum absolute atomic E-state index is 0.662. The zero-order valence-electron chi connectivity index (χ0n) is 10.4. The second kappa shape index (κ2) is 6.30. The fourth-order valence-corrected chi connectivity index (χ4v) is 2.55. The van der Waals surface area contributed by atoms with Crippen molar-refractivity contribution in [3.05, 3.63) is 28.2 Å². The zero-order chi connectivity index (χ0) is 13.0. The van der Waals surface area contributed by atoms with E-state index in [0.29, 0.717) is 10.0 Å². The lowest BCUT2D eigenvalue weighted by molar-refractivity contribution is 0.787. The molecule has 2 rings (SSSR count). The monoisotopic (exact) mass is 285 g/mol. The largest absolute Gasteiger partial charge is 0.354 e. The highest BCUT2D eigenvalue weighted by Crippen LogP contribution is 2.34. The highest BCUT2D eigenvalue weighted by atomic mass is 35.5. The van der Waals surface area contributed by atoms with Gasteiger partial charge in [0, 0.05) is 13.1 Å². The molecule has 1 aliphatic rings. The van der Waals surface area contributed by atoms with Crippen LogP contribution in [0.15, 0.2) is 23.2 Å². The van der Waals surface area contributed by atoms with Gasteiger partial charge in [-0.05, 0) is 18.6 Å². The first-order valence-corrected chi connectivity index (χ1v) is 6.99. The predicted octanol–water partition coefficient (Wildman–Crippen LogP) is 3.56. The Hall–Kier alpha value is -0.930. The predicted molar refractivity (Wildman–Crippen MR) is 79.0 cm³/mol. The zero-order valence-corrected chi connectivity index (χ0v) is 11.9. The Labute approximate surface area is 118 Å². The molecule has 98 valence electrons. The van der Waals surface area contributed by atoms with Gasteiger partial charge in [0.2, 0.25) is 0 Å². The van der Waals surface area contributed by atoms with E-state index in [1.807, 2.05) is 18.2 Å². The normalized spacial score (nSPS) is 14.3. The molecule has 0 radical (unpaired) electrons. The summed E-state index contributed by atoms with van der Waals surface area (Å²) in [5, 5.41) is 4.60. The van der Waals surface area contributed by atoms with E-state index in [-0.39, 0.29) is 0 Å². The Balaban J connectivity index is 2.33. The van der Waals surface area contributed by atoms with Crippen molar-refractivity contribution in [1.82, 2.24) is 5.32 Å².